The number of pyridine rings is 1. The summed E-state index contributed by atoms with van der Waals surface area (Å²) in [5, 5.41) is 0. The molecular weight excluding hydrogens is 334 g/mol. The van der Waals surface area contributed by atoms with Gasteiger partial charge < -0.3 is 9.80 Å². The van der Waals surface area contributed by atoms with Gasteiger partial charge in [0, 0.05) is 31.5 Å². The Kier molecular flexibility index (Phi) is 3.89. The van der Waals surface area contributed by atoms with E-state index in [0.29, 0.717) is 12.1 Å². The number of anilines is 2. The third kappa shape index (κ3) is 2.87. The first kappa shape index (κ1) is 16.1. The van der Waals surface area contributed by atoms with Crippen LogP contribution in [0.1, 0.15) is 27.0 Å². The fraction of sp³-hybridized carbons (Fsp3) is 0.217. The molecule has 3 aromatic rings. The van der Waals surface area contributed by atoms with Gasteiger partial charge in [-0.05, 0) is 47.7 Å². The van der Waals surface area contributed by atoms with Gasteiger partial charge in [-0.15, -0.1) is 0 Å². The van der Waals surface area contributed by atoms with Crippen molar-refractivity contribution in [2.75, 3.05) is 18.0 Å². The van der Waals surface area contributed by atoms with Gasteiger partial charge in [-0.25, -0.2) is 4.98 Å². The van der Waals surface area contributed by atoms with Crippen molar-refractivity contribution in [1.82, 2.24) is 9.88 Å². The highest BCUT2D eigenvalue weighted by Gasteiger charge is 2.23. The molecule has 4 heteroatoms. The van der Waals surface area contributed by atoms with Crippen molar-refractivity contribution >= 4 is 17.4 Å². The zero-order valence-electron chi connectivity index (χ0n) is 15.1. The highest BCUT2D eigenvalue weighted by molar-refractivity contribution is 5.94. The van der Waals surface area contributed by atoms with E-state index < -0.39 is 0 Å². The second-order valence-electron chi connectivity index (χ2n) is 7.18. The van der Waals surface area contributed by atoms with E-state index in [-0.39, 0.29) is 5.91 Å². The summed E-state index contributed by atoms with van der Waals surface area (Å²) >= 11 is 0. The van der Waals surface area contributed by atoms with E-state index in [9.17, 15) is 4.79 Å². The van der Waals surface area contributed by atoms with Crippen LogP contribution in [0, 0.1) is 0 Å². The number of benzene rings is 2. The molecule has 2 aliphatic heterocycles. The van der Waals surface area contributed by atoms with Crippen molar-refractivity contribution in [2.45, 2.75) is 19.4 Å². The molecule has 0 bridgehead atoms. The molecule has 0 N–H and O–H groups in total. The van der Waals surface area contributed by atoms with E-state index >= 15 is 0 Å². The molecule has 5 rings (SSSR count). The van der Waals surface area contributed by atoms with Gasteiger partial charge >= 0.3 is 0 Å². The molecule has 0 saturated carbocycles. The lowest BCUT2D eigenvalue weighted by Crippen LogP contribution is -2.36. The van der Waals surface area contributed by atoms with Crippen LogP contribution < -0.4 is 4.90 Å². The summed E-state index contributed by atoms with van der Waals surface area (Å²) in [4.78, 5) is 21.7. The van der Waals surface area contributed by atoms with Crippen LogP contribution in [0.5, 0.6) is 0 Å². The normalized spacial score (nSPS) is 15.4. The molecule has 4 nitrogen and oxygen atoms in total. The molecular formula is C23H21N3O. The number of carbonyl (C=O) groups is 1. The lowest BCUT2D eigenvalue weighted by Gasteiger charge is -2.29. The van der Waals surface area contributed by atoms with Gasteiger partial charge in [0.05, 0.1) is 5.56 Å². The Bertz CT molecular complexity index is 997. The summed E-state index contributed by atoms with van der Waals surface area (Å²) in [6.45, 7) is 2.37. The number of aromatic nitrogens is 1. The second-order valence-corrected chi connectivity index (χ2v) is 7.18. The van der Waals surface area contributed by atoms with Crippen molar-refractivity contribution in [3.05, 3.63) is 89.1 Å². The highest BCUT2D eigenvalue weighted by Crippen LogP contribution is 2.33. The van der Waals surface area contributed by atoms with Crippen molar-refractivity contribution in [1.29, 1.82) is 0 Å². The number of nitrogens with zero attached hydrogens (tertiary/aromatic N) is 3. The number of para-hydroxylation sites is 1. The van der Waals surface area contributed by atoms with E-state index in [2.05, 4.69) is 52.3 Å². The van der Waals surface area contributed by atoms with Gasteiger partial charge in [-0.2, -0.15) is 0 Å². The first-order valence-electron chi connectivity index (χ1n) is 9.47. The standard InChI is InChI=1S/C23H21N3O/c27-23(25-13-11-17-5-1-2-7-20(17)16-25)19-9-10-22(24-15-19)26-14-12-18-6-3-4-8-21(18)26/h1-10,15H,11-14,16H2. The Balaban J connectivity index is 1.35. The van der Waals surface area contributed by atoms with Crippen LogP contribution in [-0.4, -0.2) is 28.9 Å². The van der Waals surface area contributed by atoms with Gasteiger partial charge in [0.2, 0.25) is 0 Å². The molecule has 2 aliphatic rings. The molecule has 0 fully saturated rings. The Morgan fingerprint density at radius 1 is 0.815 bits per heavy atom. The van der Waals surface area contributed by atoms with Crippen molar-refractivity contribution in [2.24, 2.45) is 0 Å². The molecule has 1 amide bonds. The average molecular weight is 355 g/mol. The van der Waals surface area contributed by atoms with Crippen molar-refractivity contribution in [3.63, 3.8) is 0 Å². The largest absolute Gasteiger partial charge is 0.334 e. The molecule has 0 radical (unpaired) electrons. The van der Waals surface area contributed by atoms with Crippen LogP contribution in [0.2, 0.25) is 0 Å². The fourth-order valence-corrected chi connectivity index (χ4v) is 4.10. The number of rotatable bonds is 2. The first-order chi connectivity index (χ1) is 13.3. The molecule has 2 aromatic carbocycles. The van der Waals surface area contributed by atoms with E-state index in [4.69, 9.17) is 0 Å². The van der Waals surface area contributed by atoms with Gasteiger partial charge in [-0.1, -0.05) is 42.5 Å². The maximum absolute atomic E-state index is 12.9. The zero-order valence-corrected chi connectivity index (χ0v) is 15.1. The number of carbonyl (C=O) groups excluding carboxylic acids is 1. The minimum absolute atomic E-state index is 0.0605. The molecule has 0 atom stereocenters. The minimum Gasteiger partial charge on any atom is -0.334 e. The van der Waals surface area contributed by atoms with Crippen LogP contribution >= 0.6 is 0 Å². The van der Waals surface area contributed by atoms with E-state index in [1.165, 1.54) is 22.4 Å². The highest BCUT2D eigenvalue weighted by atomic mass is 16.2. The first-order valence-corrected chi connectivity index (χ1v) is 9.47. The lowest BCUT2D eigenvalue weighted by molar-refractivity contribution is 0.0734. The lowest BCUT2D eigenvalue weighted by atomic mass is 9.99. The summed E-state index contributed by atoms with van der Waals surface area (Å²) in [6, 6.07) is 20.7. The third-order valence-corrected chi connectivity index (χ3v) is 5.58. The van der Waals surface area contributed by atoms with Crippen LogP contribution in [-0.2, 0) is 19.4 Å². The Hall–Kier alpha value is -3.14. The number of fused-ring (bicyclic) bond motifs is 2. The fourth-order valence-electron chi connectivity index (χ4n) is 4.10. The van der Waals surface area contributed by atoms with Crippen LogP contribution in [0.3, 0.4) is 0 Å². The topological polar surface area (TPSA) is 36.4 Å². The van der Waals surface area contributed by atoms with Crippen molar-refractivity contribution in [3.8, 4) is 0 Å². The summed E-state index contributed by atoms with van der Waals surface area (Å²) in [5.74, 6) is 0.964. The zero-order chi connectivity index (χ0) is 18.2. The maximum Gasteiger partial charge on any atom is 0.255 e. The smallest absolute Gasteiger partial charge is 0.255 e. The number of amides is 1. The predicted octanol–water partition coefficient (Wildman–Crippen LogP) is 3.97. The van der Waals surface area contributed by atoms with Crippen LogP contribution in [0.25, 0.3) is 0 Å². The molecule has 0 unspecified atom stereocenters. The Morgan fingerprint density at radius 3 is 2.37 bits per heavy atom. The Morgan fingerprint density at radius 2 is 1.56 bits per heavy atom. The average Bonchev–Trinajstić information content (AvgIpc) is 3.17. The van der Waals surface area contributed by atoms with E-state index in [0.717, 1.165) is 31.7 Å². The molecule has 27 heavy (non-hydrogen) atoms. The summed E-state index contributed by atoms with van der Waals surface area (Å²) in [6.07, 6.45) is 3.67. The Labute approximate surface area is 159 Å². The quantitative estimate of drug-likeness (QED) is 0.698. The summed E-state index contributed by atoms with van der Waals surface area (Å²) < 4.78 is 0. The second kappa shape index (κ2) is 6.54. The summed E-state index contributed by atoms with van der Waals surface area (Å²) in [5.41, 5.74) is 5.83. The van der Waals surface area contributed by atoms with Crippen LogP contribution in [0.4, 0.5) is 11.5 Å². The SMILES string of the molecule is O=C(c1ccc(N2CCc3ccccc32)nc1)N1CCc2ccccc2C1. The van der Waals surface area contributed by atoms with Gasteiger partial charge in [0.1, 0.15) is 5.82 Å². The monoisotopic (exact) mass is 355 g/mol. The molecule has 134 valence electrons. The van der Waals surface area contributed by atoms with Gasteiger partial charge in [0.15, 0.2) is 0 Å². The predicted molar refractivity (Wildman–Crippen MR) is 106 cm³/mol. The number of hydrogen-bond donors (Lipinski definition) is 0. The van der Waals surface area contributed by atoms with E-state index in [1.807, 2.05) is 23.1 Å². The molecule has 0 spiro atoms. The molecule has 3 heterocycles. The molecule has 0 saturated heterocycles. The van der Waals surface area contributed by atoms with Gasteiger partial charge in [0.25, 0.3) is 5.91 Å². The minimum atomic E-state index is 0.0605. The number of hydrogen-bond acceptors (Lipinski definition) is 3. The van der Waals surface area contributed by atoms with E-state index in [1.54, 1.807) is 6.20 Å². The summed E-state index contributed by atoms with van der Waals surface area (Å²) in [7, 11) is 0. The van der Waals surface area contributed by atoms with Gasteiger partial charge in [-0.3, -0.25) is 4.79 Å². The molecule has 1 aromatic heterocycles. The van der Waals surface area contributed by atoms with Crippen molar-refractivity contribution < 1.29 is 4.79 Å². The molecule has 0 aliphatic carbocycles. The maximum atomic E-state index is 12.9. The third-order valence-electron chi connectivity index (χ3n) is 5.58. The van der Waals surface area contributed by atoms with Crippen LogP contribution in [0.15, 0.2) is 66.9 Å².